The maximum absolute atomic E-state index is 13.9. The molecule has 1 N–H and O–H groups in total. The van der Waals surface area contributed by atoms with Crippen LogP contribution in [0.2, 0.25) is 10.0 Å². The lowest BCUT2D eigenvalue weighted by molar-refractivity contribution is -0.291. The number of halogens is 5. The van der Waals surface area contributed by atoms with E-state index in [2.05, 4.69) is 5.48 Å². The summed E-state index contributed by atoms with van der Waals surface area (Å²) in [6.45, 7) is 10.0. The van der Waals surface area contributed by atoms with E-state index in [4.69, 9.17) is 42.3 Å². The number of ether oxygens (including phenoxy) is 3. The van der Waals surface area contributed by atoms with Crippen LogP contribution in [0.1, 0.15) is 64.2 Å². The first-order valence-electron chi connectivity index (χ1n) is 12.6. The van der Waals surface area contributed by atoms with Crippen molar-refractivity contribution in [2.45, 2.75) is 83.4 Å². The number of nitrogens with one attached hydrogen (secondary N) is 1. The first kappa shape index (κ1) is 31.0. The van der Waals surface area contributed by atoms with Gasteiger partial charge in [0.1, 0.15) is 5.75 Å². The molecule has 1 aliphatic heterocycles. The lowest BCUT2D eigenvalue weighted by atomic mass is 9.91. The molecule has 0 unspecified atom stereocenters. The summed E-state index contributed by atoms with van der Waals surface area (Å²) in [5.41, 5.74) is 2.44. The summed E-state index contributed by atoms with van der Waals surface area (Å²) in [6, 6.07) is 9.49. The molecule has 0 atom stereocenters. The zero-order chi connectivity index (χ0) is 28.2. The minimum atomic E-state index is -4.56. The zero-order valence-electron chi connectivity index (χ0n) is 22.4. The lowest BCUT2D eigenvalue weighted by Crippen LogP contribution is -2.60. The number of aryl methyl sites for hydroxylation is 2. The maximum atomic E-state index is 13.9. The highest BCUT2D eigenvalue weighted by Crippen LogP contribution is 2.38. The molecule has 1 saturated heterocycles. The molecular formula is C28H36Cl2F3NO4. The van der Waals surface area contributed by atoms with Crippen molar-refractivity contribution in [1.82, 2.24) is 5.48 Å². The molecule has 3 rings (SSSR count). The lowest BCUT2D eigenvalue weighted by Gasteiger charge is -2.44. The van der Waals surface area contributed by atoms with Crippen molar-refractivity contribution in [1.29, 1.82) is 0 Å². The van der Waals surface area contributed by atoms with E-state index < -0.39 is 28.7 Å². The fraction of sp³-hybridized carbons (Fsp3) is 0.571. The second-order valence-electron chi connectivity index (χ2n) is 11.1. The van der Waals surface area contributed by atoms with Gasteiger partial charge in [-0.1, -0.05) is 41.4 Å². The number of benzene rings is 2. The molecule has 1 aliphatic rings. The van der Waals surface area contributed by atoms with Crippen LogP contribution in [-0.2, 0) is 33.3 Å². The average molecular weight is 578 g/mol. The molecule has 212 valence electrons. The SMILES string of the molecule is CC(C)(C)ONC1(CCc2ccc(OCCCc3cccc(Cl)c3Cl)c(C(F)(F)F)c2)COC(C)(C)OC1. The Balaban J connectivity index is 1.67. The van der Waals surface area contributed by atoms with Crippen molar-refractivity contribution in [2.24, 2.45) is 0 Å². The predicted octanol–water partition coefficient (Wildman–Crippen LogP) is 7.80. The highest BCUT2D eigenvalue weighted by Gasteiger charge is 2.41. The molecule has 10 heteroatoms. The highest BCUT2D eigenvalue weighted by atomic mass is 35.5. The molecular weight excluding hydrogens is 542 g/mol. The van der Waals surface area contributed by atoms with E-state index >= 15 is 0 Å². The van der Waals surface area contributed by atoms with Gasteiger partial charge in [-0.05, 0) is 89.6 Å². The fourth-order valence-electron chi connectivity index (χ4n) is 3.87. The largest absolute Gasteiger partial charge is 0.493 e. The smallest absolute Gasteiger partial charge is 0.419 e. The third-order valence-corrected chi connectivity index (χ3v) is 6.95. The molecule has 2 aromatic carbocycles. The molecule has 0 aliphatic carbocycles. The predicted molar refractivity (Wildman–Crippen MR) is 143 cm³/mol. The molecule has 0 amide bonds. The number of hydrogen-bond acceptors (Lipinski definition) is 5. The van der Waals surface area contributed by atoms with Crippen LogP contribution in [0.3, 0.4) is 0 Å². The van der Waals surface area contributed by atoms with Gasteiger partial charge in [-0.25, -0.2) is 0 Å². The standard InChI is InChI=1S/C28H36Cl2F3NO4/c1-25(2,3)38-34-27(17-36-26(4,5)37-18-27)14-13-19-11-12-23(21(16-19)28(31,32)33)35-15-7-9-20-8-6-10-22(29)24(20)30/h6,8,10-12,16,34H,7,9,13-15,17-18H2,1-5H3. The zero-order valence-corrected chi connectivity index (χ0v) is 23.9. The topological polar surface area (TPSA) is 49.0 Å². The molecule has 1 heterocycles. The van der Waals surface area contributed by atoms with E-state index in [9.17, 15) is 13.2 Å². The van der Waals surface area contributed by atoms with Gasteiger partial charge in [-0.3, -0.25) is 4.84 Å². The Morgan fingerprint density at radius 3 is 2.32 bits per heavy atom. The van der Waals surface area contributed by atoms with Gasteiger partial charge < -0.3 is 14.2 Å². The Labute approximate surface area is 232 Å². The average Bonchev–Trinajstić information content (AvgIpc) is 2.82. The first-order chi connectivity index (χ1) is 17.6. The summed E-state index contributed by atoms with van der Waals surface area (Å²) < 4.78 is 59.0. The number of hydroxylamine groups is 1. The second kappa shape index (κ2) is 12.3. The summed E-state index contributed by atoms with van der Waals surface area (Å²) in [7, 11) is 0. The minimum Gasteiger partial charge on any atom is -0.493 e. The van der Waals surface area contributed by atoms with Gasteiger partial charge in [-0.15, -0.1) is 0 Å². The molecule has 0 aromatic heterocycles. The van der Waals surface area contributed by atoms with E-state index in [1.807, 2.05) is 40.7 Å². The Kier molecular flexibility index (Phi) is 10.0. The summed E-state index contributed by atoms with van der Waals surface area (Å²) in [5, 5.41) is 0.893. The third-order valence-electron chi connectivity index (χ3n) is 6.09. The normalized spacial score (nSPS) is 17.4. The van der Waals surface area contributed by atoms with Crippen molar-refractivity contribution in [3.05, 3.63) is 63.1 Å². The summed E-state index contributed by atoms with van der Waals surface area (Å²) in [5.74, 6) is -0.943. The Morgan fingerprint density at radius 2 is 1.68 bits per heavy atom. The van der Waals surface area contributed by atoms with E-state index in [1.165, 1.54) is 6.07 Å². The maximum Gasteiger partial charge on any atom is 0.419 e. The molecule has 0 radical (unpaired) electrons. The van der Waals surface area contributed by atoms with Crippen LogP contribution in [0.25, 0.3) is 0 Å². The third kappa shape index (κ3) is 9.00. The van der Waals surface area contributed by atoms with E-state index in [0.717, 1.165) is 11.6 Å². The van der Waals surface area contributed by atoms with Gasteiger partial charge >= 0.3 is 6.18 Å². The van der Waals surface area contributed by atoms with Crippen molar-refractivity contribution in [2.75, 3.05) is 19.8 Å². The second-order valence-corrected chi connectivity index (χ2v) is 11.9. The monoisotopic (exact) mass is 577 g/mol. The summed E-state index contributed by atoms with van der Waals surface area (Å²) in [6.07, 6.45) is -2.75. The summed E-state index contributed by atoms with van der Waals surface area (Å²) >= 11 is 12.2. The van der Waals surface area contributed by atoms with Crippen molar-refractivity contribution >= 4 is 23.2 Å². The fourth-order valence-corrected chi connectivity index (χ4v) is 4.29. The van der Waals surface area contributed by atoms with Crippen molar-refractivity contribution in [3.8, 4) is 5.75 Å². The molecule has 0 bridgehead atoms. The molecule has 2 aromatic rings. The minimum absolute atomic E-state index is 0.104. The van der Waals surface area contributed by atoms with E-state index in [-0.39, 0.29) is 12.4 Å². The van der Waals surface area contributed by atoms with Gasteiger partial charge in [0.15, 0.2) is 5.79 Å². The van der Waals surface area contributed by atoms with Crippen LogP contribution in [0.15, 0.2) is 36.4 Å². The number of hydrogen-bond donors (Lipinski definition) is 1. The molecule has 1 fully saturated rings. The van der Waals surface area contributed by atoms with Crippen LogP contribution in [-0.4, -0.2) is 36.7 Å². The molecule has 5 nitrogen and oxygen atoms in total. The molecule has 0 spiro atoms. The van der Waals surface area contributed by atoms with Crippen LogP contribution in [0.4, 0.5) is 13.2 Å². The number of alkyl halides is 3. The summed E-state index contributed by atoms with van der Waals surface area (Å²) in [4.78, 5) is 5.80. The Morgan fingerprint density at radius 1 is 1.00 bits per heavy atom. The van der Waals surface area contributed by atoms with Gasteiger partial charge in [0.2, 0.25) is 0 Å². The molecule has 0 saturated carbocycles. The van der Waals surface area contributed by atoms with Gasteiger partial charge in [-0.2, -0.15) is 18.7 Å². The molecule has 38 heavy (non-hydrogen) atoms. The highest BCUT2D eigenvalue weighted by molar-refractivity contribution is 6.42. The first-order valence-corrected chi connectivity index (χ1v) is 13.3. The van der Waals surface area contributed by atoms with Crippen LogP contribution in [0.5, 0.6) is 5.75 Å². The van der Waals surface area contributed by atoms with Crippen LogP contribution in [0, 0.1) is 0 Å². The van der Waals surface area contributed by atoms with Crippen molar-refractivity contribution < 1.29 is 32.2 Å². The quantitative estimate of drug-likeness (QED) is 0.230. The van der Waals surface area contributed by atoms with Crippen LogP contribution < -0.4 is 10.2 Å². The Bertz CT molecular complexity index is 1080. The van der Waals surface area contributed by atoms with Gasteiger partial charge in [0, 0.05) is 0 Å². The Hall–Kier alpha value is -1.55. The van der Waals surface area contributed by atoms with Crippen molar-refractivity contribution in [3.63, 3.8) is 0 Å². The van der Waals surface area contributed by atoms with Gasteiger partial charge in [0.05, 0.1) is 46.6 Å². The van der Waals surface area contributed by atoms with Crippen LogP contribution >= 0.6 is 23.2 Å². The number of rotatable bonds is 10. The van der Waals surface area contributed by atoms with E-state index in [1.54, 1.807) is 18.2 Å². The van der Waals surface area contributed by atoms with Gasteiger partial charge in [0.25, 0.3) is 0 Å². The van der Waals surface area contributed by atoms with E-state index in [0.29, 0.717) is 54.5 Å².